The number of rotatable bonds is 3. The van der Waals surface area contributed by atoms with Gasteiger partial charge in [-0.25, -0.2) is 9.97 Å². The number of aromatic nitrogens is 4. The third-order valence-corrected chi connectivity index (χ3v) is 2.19. The molecular weight excluding hydrogens is 214 g/mol. The van der Waals surface area contributed by atoms with Gasteiger partial charge in [0.05, 0.1) is 0 Å². The lowest BCUT2D eigenvalue weighted by molar-refractivity contribution is 0.406. The summed E-state index contributed by atoms with van der Waals surface area (Å²) in [6, 6.07) is 3.81. The summed E-state index contributed by atoms with van der Waals surface area (Å²) in [5.41, 5.74) is 1.37. The molecule has 2 rings (SSSR count). The van der Waals surface area contributed by atoms with Crippen LogP contribution in [-0.4, -0.2) is 20.2 Å². The Balaban J connectivity index is 2.04. The van der Waals surface area contributed by atoms with E-state index in [0.29, 0.717) is 0 Å². The van der Waals surface area contributed by atoms with Crippen molar-refractivity contribution in [3.05, 3.63) is 30.4 Å². The van der Waals surface area contributed by atoms with Gasteiger partial charge in [0.1, 0.15) is 12.1 Å². The molecule has 0 aliphatic rings. The molecular formula is C12H17N5. The van der Waals surface area contributed by atoms with Gasteiger partial charge in [-0.1, -0.05) is 20.8 Å². The van der Waals surface area contributed by atoms with E-state index in [2.05, 4.69) is 46.3 Å². The van der Waals surface area contributed by atoms with E-state index in [0.717, 1.165) is 23.8 Å². The van der Waals surface area contributed by atoms with Crippen LogP contribution in [0.15, 0.2) is 24.7 Å². The highest BCUT2D eigenvalue weighted by molar-refractivity contribution is 5.50. The van der Waals surface area contributed by atoms with Crippen molar-refractivity contribution < 1.29 is 0 Å². The molecule has 2 heterocycles. The highest BCUT2D eigenvalue weighted by Crippen LogP contribution is 2.21. The van der Waals surface area contributed by atoms with Crippen LogP contribution in [0, 0.1) is 5.41 Å². The zero-order valence-corrected chi connectivity index (χ0v) is 10.4. The molecule has 0 aromatic carbocycles. The summed E-state index contributed by atoms with van der Waals surface area (Å²) >= 11 is 0. The van der Waals surface area contributed by atoms with Crippen molar-refractivity contribution in [2.24, 2.45) is 5.41 Å². The lowest BCUT2D eigenvalue weighted by Gasteiger charge is -2.15. The molecule has 17 heavy (non-hydrogen) atoms. The maximum absolute atomic E-state index is 4.20. The smallest absolute Gasteiger partial charge is 0.153 e. The predicted octanol–water partition coefficient (Wildman–Crippen LogP) is 2.53. The van der Waals surface area contributed by atoms with Gasteiger partial charge in [-0.2, -0.15) is 5.10 Å². The molecule has 0 fully saturated rings. The van der Waals surface area contributed by atoms with Crippen LogP contribution in [0.5, 0.6) is 0 Å². The fourth-order valence-corrected chi connectivity index (χ4v) is 1.58. The Morgan fingerprint density at radius 3 is 2.76 bits per heavy atom. The zero-order chi connectivity index (χ0) is 12.3. The Morgan fingerprint density at radius 2 is 2.12 bits per heavy atom. The van der Waals surface area contributed by atoms with Gasteiger partial charge in [-0.05, 0) is 17.9 Å². The van der Waals surface area contributed by atoms with E-state index >= 15 is 0 Å². The van der Waals surface area contributed by atoms with Gasteiger partial charge >= 0.3 is 0 Å². The monoisotopic (exact) mass is 231 g/mol. The summed E-state index contributed by atoms with van der Waals surface area (Å²) in [6.07, 6.45) is 4.16. The molecule has 2 aromatic heterocycles. The first-order chi connectivity index (χ1) is 8.03. The SMILES string of the molecule is CC(C)(C)Cc1cc(Nc2ccncn2)n[nH]1. The lowest BCUT2D eigenvalue weighted by atomic mass is 9.91. The van der Waals surface area contributed by atoms with Gasteiger partial charge in [-0.3, -0.25) is 5.10 Å². The number of anilines is 2. The summed E-state index contributed by atoms with van der Waals surface area (Å²) in [6.45, 7) is 6.60. The van der Waals surface area contributed by atoms with E-state index in [1.807, 2.05) is 6.07 Å². The fraction of sp³-hybridized carbons (Fsp3) is 0.417. The maximum atomic E-state index is 4.20. The quantitative estimate of drug-likeness (QED) is 0.851. The molecule has 0 aliphatic carbocycles. The lowest BCUT2D eigenvalue weighted by Crippen LogP contribution is -2.09. The molecule has 2 aromatic rings. The molecule has 0 atom stereocenters. The third-order valence-electron chi connectivity index (χ3n) is 2.19. The zero-order valence-electron chi connectivity index (χ0n) is 10.4. The Morgan fingerprint density at radius 1 is 1.29 bits per heavy atom. The molecule has 0 spiro atoms. The Kier molecular flexibility index (Phi) is 3.08. The minimum absolute atomic E-state index is 0.249. The highest BCUT2D eigenvalue weighted by atomic mass is 15.2. The molecule has 0 unspecified atom stereocenters. The largest absolute Gasteiger partial charge is 0.323 e. The van der Waals surface area contributed by atoms with E-state index in [-0.39, 0.29) is 5.41 Å². The number of hydrogen-bond donors (Lipinski definition) is 2. The van der Waals surface area contributed by atoms with Gasteiger partial charge in [0.25, 0.3) is 0 Å². The molecule has 0 saturated carbocycles. The van der Waals surface area contributed by atoms with E-state index < -0.39 is 0 Å². The van der Waals surface area contributed by atoms with E-state index in [4.69, 9.17) is 0 Å². The Bertz CT molecular complexity index is 469. The molecule has 0 bridgehead atoms. The molecule has 2 N–H and O–H groups in total. The number of nitrogens with one attached hydrogen (secondary N) is 2. The molecule has 0 amide bonds. The van der Waals surface area contributed by atoms with Crippen LogP contribution in [0.3, 0.4) is 0 Å². The standard InChI is InChI=1S/C12H17N5/c1-12(2,3)7-9-6-11(17-16-9)15-10-4-5-13-8-14-10/h4-6,8H,7H2,1-3H3,(H2,13,14,15,16,17). The first-order valence-electron chi connectivity index (χ1n) is 5.60. The van der Waals surface area contributed by atoms with E-state index in [1.165, 1.54) is 6.33 Å². The van der Waals surface area contributed by atoms with Crippen molar-refractivity contribution in [2.45, 2.75) is 27.2 Å². The van der Waals surface area contributed by atoms with Crippen LogP contribution < -0.4 is 5.32 Å². The van der Waals surface area contributed by atoms with Crippen molar-refractivity contribution in [3.8, 4) is 0 Å². The van der Waals surface area contributed by atoms with Crippen molar-refractivity contribution in [3.63, 3.8) is 0 Å². The molecule has 0 saturated heterocycles. The third kappa shape index (κ3) is 3.55. The molecule has 5 heteroatoms. The number of nitrogens with zero attached hydrogens (tertiary/aromatic N) is 3. The van der Waals surface area contributed by atoms with Gasteiger partial charge < -0.3 is 5.32 Å². The second-order valence-electron chi connectivity index (χ2n) is 5.24. The van der Waals surface area contributed by atoms with Gasteiger partial charge in [0, 0.05) is 18.0 Å². The summed E-state index contributed by atoms with van der Waals surface area (Å²) in [5.74, 6) is 1.52. The predicted molar refractivity (Wildman–Crippen MR) is 67.1 cm³/mol. The summed E-state index contributed by atoms with van der Waals surface area (Å²) < 4.78 is 0. The second-order valence-corrected chi connectivity index (χ2v) is 5.24. The Labute approximate surface area is 101 Å². The summed E-state index contributed by atoms with van der Waals surface area (Å²) in [4.78, 5) is 7.94. The highest BCUT2D eigenvalue weighted by Gasteiger charge is 2.13. The first kappa shape index (κ1) is 11.6. The molecule has 90 valence electrons. The van der Waals surface area contributed by atoms with E-state index in [9.17, 15) is 0 Å². The number of aromatic amines is 1. The van der Waals surface area contributed by atoms with Crippen molar-refractivity contribution >= 4 is 11.6 Å². The van der Waals surface area contributed by atoms with Crippen LogP contribution in [0.25, 0.3) is 0 Å². The van der Waals surface area contributed by atoms with Crippen LogP contribution in [-0.2, 0) is 6.42 Å². The number of H-pyrrole nitrogens is 1. The van der Waals surface area contributed by atoms with E-state index in [1.54, 1.807) is 12.3 Å². The first-order valence-corrected chi connectivity index (χ1v) is 5.60. The second kappa shape index (κ2) is 4.53. The minimum atomic E-state index is 0.249. The van der Waals surface area contributed by atoms with Crippen LogP contribution >= 0.6 is 0 Å². The summed E-state index contributed by atoms with van der Waals surface area (Å²) in [5, 5.41) is 10.3. The van der Waals surface area contributed by atoms with Gasteiger partial charge in [0.2, 0.25) is 0 Å². The maximum Gasteiger partial charge on any atom is 0.153 e. The van der Waals surface area contributed by atoms with Gasteiger partial charge in [0.15, 0.2) is 5.82 Å². The minimum Gasteiger partial charge on any atom is -0.323 e. The normalized spacial score (nSPS) is 11.5. The van der Waals surface area contributed by atoms with Crippen LogP contribution in [0.1, 0.15) is 26.5 Å². The average Bonchev–Trinajstić information content (AvgIpc) is 2.64. The molecule has 0 radical (unpaired) electrons. The number of hydrogen-bond acceptors (Lipinski definition) is 4. The topological polar surface area (TPSA) is 66.5 Å². The molecule has 5 nitrogen and oxygen atoms in total. The van der Waals surface area contributed by atoms with Gasteiger partial charge in [-0.15, -0.1) is 0 Å². The Hall–Kier alpha value is -1.91. The van der Waals surface area contributed by atoms with Crippen molar-refractivity contribution in [1.29, 1.82) is 0 Å². The van der Waals surface area contributed by atoms with Crippen LogP contribution in [0.4, 0.5) is 11.6 Å². The fourth-order valence-electron chi connectivity index (χ4n) is 1.58. The van der Waals surface area contributed by atoms with Crippen molar-refractivity contribution in [1.82, 2.24) is 20.2 Å². The van der Waals surface area contributed by atoms with Crippen molar-refractivity contribution in [2.75, 3.05) is 5.32 Å². The average molecular weight is 231 g/mol. The summed E-state index contributed by atoms with van der Waals surface area (Å²) in [7, 11) is 0. The van der Waals surface area contributed by atoms with Crippen LogP contribution in [0.2, 0.25) is 0 Å². The molecule has 0 aliphatic heterocycles.